The van der Waals surface area contributed by atoms with Crippen LogP contribution in [0.4, 0.5) is 5.69 Å². The van der Waals surface area contributed by atoms with Crippen LogP contribution in [0.25, 0.3) is 21.8 Å². The van der Waals surface area contributed by atoms with Crippen LogP contribution < -0.4 is 5.73 Å². The van der Waals surface area contributed by atoms with Gasteiger partial charge in [0.1, 0.15) is 0 Å². The summed E-state index contributed by atoms with van der Waals surface area (Å²) in [5.41, 5.74) is 8.76. The maximum Gasteiger partial charge on any atom is 0.278 e. The molecule has 2 heterocycles. The molecule has 0 bridgehead atoms. The monoisotopic (exact) mass is 276 g/mol. The van der Waals surface area contributed by atoms with Crippen molar-refractivity contribution in [3.63, 3.8) is 0 Å². The Morgan fingerprint density at radius 2 is 2.00 bits per heavy atom. The van der Waals surface area contributed by atoms with Gasteiger partial charge in [0.15, 0.2) is 0 Å². The Kier molecular flexibility index (Phi) is 2.35. The number of anilines is 1. The quantitative estimate of drug-likeness (QED) is 0.525. The Morgan fingerprint density at radius 1 is 1.10 bits per heavy atom. The van der Waals surface area contributed by atoms with E-state index in [1.54, 1.807) is 18.3 Å². The van der Waals surface area contributed by atoms with Crippen LogP contribution in [0.2, 0.25) is 0 Å². The van der Waals surface area contributed by atoms with Gasteiger partial charge in [-0.3, -0.25) is 4.79 Å². The maximum atomic E-state index is 12.6. The number of nitrogen functional groups attached to an aromatic ring is 1. The van der Waals surface area contributed by atoms with Crippen LogP contribution in [-0.2, 0) is 0 Å². The van der Waals surface area contributed by atoms with E-state index in [0.717, 1.165) is 21.8 Å². The third-order valence-corrected chi connectivity index (χ3v) is 3.58. The van der Waals surface area contributed by atoms with Crippen molar-refractivity contribution in [2.45, 2.75) is 0 Å². The second kappa shape index (κ2) is 4.21. The number of nitrogens with two attached hydrogens (primary N) is 1. The molecular formula is C16H12N4O. The first kappa shape index (κ1) is 11.7. The minimum Gasteiger partial charge on any atom is -0.399 e. The molecule has 0 spiro atoms. The van der Waals surface area contributed by atoms with E-state index in [1.165, 1.54) is 4.68 Å². The highest BCUT2D eigenvalue weighted by Gasteiger charge is 2.13. The highest BCUT2D eigenvalue weighted by molar-refractivity contribution is 6.03. The number of carbonyl (C=O) groups excluding carboxylic acids is 1. The van der Waals surface area contributed by atoms with Gasteiger partial charge in [-0.15, -0.1) is 0 Å². The fourth-order valence-electron chi connectivity index (χ4n) is 2.52. The van der Waals surface area contributed by atoms with Gasteiger partial charge in [0, 0.05) is 33.7 Å². The standard InChI is InChI=1S/C16H12N4O/c17-13-2-4-15-12(8-13)9-19-20(15)16(21)11-1-3-14-10(7-11)5-6-18-14/h1-9,18H,17H2. The van der Waals surface area contributed by atoms with Gasteiger partial charge in [-0.1, -0.05) is 0 Å². The number of hydrogen-bond donors (Lipinski definition) is 2. The third-order valence-electron chi connectivity index (χ3n) is 3.58. The molecule has 0 saturated carbocycles. The van der Waals surface area contributed by atoms with E-state index >= 15 is 0 Å². The molecule has 5 heteroatoms. The molecule has 0 aliphatic rings. The molecular weight excluding hydrogens is 264 g/mol. The molecule has 2 aromatic carbocycles. The number of nitrogens with zero attached hydrogens (tertiary/aromatic N) is 2. The van der Waals surface area contributed by atoms with Crippen molar-refractivity contribution in [3.05, 3.63) is 60.4 Å². The molecule has 3 N–H and O–H groups in total. The lowest BCUT2D eigenvalue weighted by atomic mass is 10.1. The van der Waals surface area contributed by atoms with Crippen molar-refractivity contribution in [1.29, 1.82) is 0 Å². The Balaban J connectivity index is 1.85. The van der Waals surface area contributed by atoms with Crippen molar-refractivity contribution in [1.82, 2.24) is 14.8 Å². The lowest BCUT2D eigenvalue weighted by Gasteiger charge is -2.03. The SMILES string of the molecule is Nc1ccc2c(cnn2C(=O)c2ccc3[nH]ccc3c2)c1. The first-order valence-corrected chi connectivity index (χ1v) is 6.57. The number of carbonyl (C=O) groups is 1. The Labute approximate surface area is 120 Å². The van der Waals surface area contributed by atoms with Crippen LogP contribution in [0, 0.1) is 0 Å². The van der Waals surface area contributed by atoms with E-state index < -0.39 is 0 Å². The van der Waals surface area contributed by atoms with Gasteiger partial charge in [0.25, 0.3) is 5.91 Å². The molecule has 0 fully saturated rings. The molecule has 0 aliphatic carbocycles. The van der Waals surface area contributed by atoms with Crippen molar-refractivity contribution in [3.8, 4) is 0 Å². The highest BCUT2D eigenvalue weighted by Crippen LogP contribution is 2.20. The number of rotatable bonds is 1. The number of fused-ring (bicyclic) bond motifs is 2. The second-order valence-electron chi connectivity index (χ2n) is 4.96. The van der Waals surface area contributed by atoms with Crippen molar-refractivity contribution >= 4 is 33.4 Å². The molecule has 4 rings (SSSR count). The smallest absolute Gasteiger partial charge is 0.278 e. The number of nitrogens with one attached hydrogen (secondary N) is 1. The van der Waals surface area contributed by atoms with E-state index in [4.69, 9.17) is 5.73 Å². The summed E-state index contributed by atoms with van der Waals surface area (Å²) in [6.07, 6.45) is 3.50. The molecule has 2 aromatic heterocycles. The van der Waals surface area contributed by atoms with Gasteiger partial charge in [0.2, 0.25) is 0 Å². The molecule has 4 aromatic rings. The van der Waals surface area contributed by atoms with Crippen LogP contribution in [0.3, 0.4) is 0 Å². The molecule has 5 nitrogen and oxygen atoms in total. The van der Waals surface area contributed by atoms with E-state index in [9.17, 15) is 4.79 Å². The van der Waals surface area contributed by atoms with Crippen LogP contribution in [-0.4, -0.2) is 20.7 Å². The average Bonchev–Trinajstić information content (AvgIpc) is 3.11. The summed E-state index contributed by atoms with van der Waals surface area (Å²) < 4.78 is 1.41. The normalized spacial score (nSPS) is 11.2. The number of aromatic amines is 1. The number of aromatic nitrogens is 3. The zero-order valence-electron chi connectivity index (χ0n) is 11.1. The number of hydrogen-bond acceptors (Lipinski definition) is 3. The summed E-state index contributed by atoms with van der Waals surface area (Å²) in [4.78, 5) is 15.7. The third kappa shape index (κ3) is 1.79. The highest BCUT2D eigenvalue weighted by atomic mass is 16.2. The zero-order valence-corrected chi connectivity index (χ0v) is 11.1. The fraction of sp³-hybridized carbons (Fsp3) is 0. The maximum absolute atomic E-state index is 12.6. The Hall–Kier alpha value is -3.08. The molecule has 0 amide bonds. The Bertz CT molecular complexity index is 980. The summed E-state index contributed by atoms with van der Waals surface area (Å²) in [5.74, 6) is -0.155. The minimum absolute atomic E-state index is 0.155. The van der Waals surface area contributed by atoms with Crippen LogP contribution in [0.15, 0.2) is 54.9 Å². The van der Waals surface area contributed by atoms with Crippen LogP contribution in [0.5, 0.6) is 0 Å². The van der Waals surface area contributed by atoms with Gasteiger partial charge in [-0.2, -0.15) is 9.78 Å². The van der Waals surface area contributed by atoms with Crippen molar-refractivity contribution in [2.24, 2.45) is 0 Å². The summed E-state index contributed by atoms with van der Waals surface area (Å²) >= 11 is 0. The molecule has 0 aliphatic heterocycles. The van der Waals surface area contributed by atoms with Gasteiger partial charge in [-0.25, -0.2) is 0 Å². The molecule has 0 unspecified atom stereocenters. The van der Waals surface area contributed by atoms with Gasteiger partial charge >= 0.3 is 0 Å². The summed E-state index contributed by atoms with van der Waals surface area (Å²) in [7, 11) is 0. The van der Waals surface area contributed by atoms with E-state index in [2.05, 4.69) is 10.1 Å². The largest absolute Gasteiger partial charge is 0.399 e. The van der Waals surface area contributed by atoms with Crippen molar-refractivity contribution < 1.29 is 4.79 Å². The summed E-state index contributed by atoms with van der Waals surface area (Å²) in [6, 6.07) is 12.9. The molecule has 0 radical (unpaired) electrons. The summed E-state index contributed by atoms with van der Waals surface area (Å²) in [6.45, 7) is 0. The molecule has 21 heavy (non-hydrogen) atoms. The van der Waals surface area contributed by atoms with Crippen LogP contribution >= 0.6 is 0 Å². The van der Waals surface area contributed by atoms with Crippen molar-refractivity contribution in [2.75, 3.05) is 5.73 Å². The Morgan fingerprint density at radius 3 is 2.90 bits per heavy atom. The van der Waals surface area contributed by atoms with E-state index in [-0.39, 0.29) is 5.91 Å². The first-order valence-electron chi connectivity index (χ1n) is 6.57. The van der Waals surface area contributed by atoms with Crippen LogP contribution in [0.1, 0.15) is 10.4 Å². The van der Waals surface area contributed by atoms with Gasteiger partial charge < -0.3 is 10.7 Å². The molecule has 0 saturated heterocycles. The first-order chi connectivity index (χ1) is 10.2. The van der Waals surface area contributed by atoms with Gasteiger partial charge in [-0.05, 0) is 42.5 Å². The second-order valence-corrected chi connectivity index (χ2v) is 4.96. The summed E-state index contributed by atoms with van der Waals surface area (Å²) in [5, 5.41) is 6.04. The lowest BCUT2D eigenvalue weighted by molar-refractivity contribution is 0.0950. The molecule has 0 atom stereocenters. The fourth-order valence-corrected chi connectivity index (χ4v) is 2.52. The number of benzene rings is 2. The topological polar surface area (TPSA) is 76.7 Å². The van der Waals surface area contributed by atoms with E-state index in [0.29, 0.717) is 11.3 Å². The zero-order chi connectivity index (χ0) is 14.4. The predicted molar refractivity (Wildman–Crippen MR) is 82.2 cm³/mol. The number of H-pyrrole nitrogens is 1. The van der Waals surface area contributed by atoms with Gasteiger partial charge in [0.05, 0.1) is 11.7 Å². The molecule has 102 valence electrons. The predicted octanol–water partition coefficient (Wildman–Crippen LogP) is 2.79. The average molecular weight is 276 g/mol. The van der Waals surface area contributed by atoms with E-state index in [1.807, 2.05) is 36.5 Å². The minimum atomic E-state index is -0.155. The lowest BCUT2D eigenvalue weighted by Crippen LogP contribution is -2.13.